The summed E-state index contributed by atoms with van der Waals surface area (Å²) in [6.07, 6.45) is 1.71. The lowest BCUT2D eigenvalue weighted by Crippen LogP contribution is -2.49. The Morgan fingerprint density at radius 3 is 2.60 bits per heavy atom. The van der Waals surface area contributed by atoms with Crippen LogP contribution < -0.4 is 11.1 Å². The molecule has 1 aliphatic heterocycles. The molecule has 8 heteroatoms. The summed E-state index contributed by atoms with van der Waals surface area (Å²) in [5, 5.41) is 10.5. The van der Waals surface area contributed by atoms with E-state index < -0.39 is 6.04 Å². The van der Waals surface area contributed by atoms with Crippen LogP contribution in [0.25, 0.3) is 11.0 Å². The van der Waals surface area contributed by atoms with E-state index >= 15 is 0 Å². The number of carbonyl (C=O) groups is 2. The van der Waals surface area contributed by atoms with Crippen LogP contribution in [-0.4, -0.2) is 52.2 Å². The van der Waals surface area contributed by atoms with E-state index in [-0.39, 0.29) is 17.9 Å². The summed E-state index contributed by atoms with van der Waals surface area (Å²) in [4.78, 5) is 26.2. The standard InChI is InChI=1S/C17H23N5O3/c1-10(18)17(24)22-7-5-12(6-8-22)11(2)19-16(23)13-3-4-14-15(9-13)21-25-20-14/h3-4,9-12H,5-8,18H2,1-2H3,(H,19,23). The summed E-state index contributed by atoms with van der Waals surface area (Å²) in [6, 6.07) is 4.64. The van der Waals surface area contributed by atoms with Crippen LogP contribution in [-0.2, 0) is 4.79 Å². The van der Waals surface area contributed by atoms with Gasteiger partial charge in [0.05, 0.1) is 6.04 Å². The first-order valence-electron chi connectivity index (χ1n) is 8.53. The molecule has 0 bridgehead atoms. The Hall–Kier alpha value is -2.48. The number of aromatic nitrogens is 2. The van der Waals surface area contributed by atoms with Crippen LogP contribution in [0.1, 0.15) is 37.0 Å². The quantitative estimate of drug-likeness (QED) is 0.852. The third-order valence-corrected chi connectivity index (χ3v) is 4.82. The molecule has 25 heavy (non-hydrogen) atoms. The van der Waals surface area contributed by atoms with Gasteiger partial charge in [0.1, 0.15) is 11.0 Å². The molecule has 2 aromatic rings. The Labute approximate surface area is 145 Å². The lowest BCUT2D eigenvalue weighted by Gasteiger charge is -2.35. The molecule has 134 valence electrons. The molecular weight excluding hydrogens is 322 g/mol. The van der Waals surface area contributed by atoms with Crippen molar-refractivity contribution in [2.45, 2.75) is 38.8 Å². The average molecular weight is 345 g/mol. The molecule has 0 saturated carbocycles. The second-order valence-corrected chi connectivity index (χ2v) is 6.68. The van der Waals surface area contributed by atoms with Crippen LogP contribution in [0.2, 0.25) is 0 Å². The maximum Gasteiger partial charge on any atom is 0.251 e. The number of piperidine rings is 1. The number of benzene rings is 1. The fourth-order valence-corrected chi connectivity index (χ4v) is 3.24. The van der Waals surface area contributed by atoms with Gasteiger partial charge in [-0.1, -0.05) is 0 Å². The van der Waals surface area contributed by atoms with Gasteiger partial charge in [-0.15, -0.1) is 0 Å². The minimum Gasteiger partial charge on any atom is -0.349 e. The summed E-state index contributed by atoms with van der Waals surface area (Å²) < 4.78 is 4.65. The molecule has 2 heterocycles. The highest BCUT2D eigenvalue weighted by Crippen LogP contribution is 2.21. The molecule has 0 radical (unpaired) electrons. The Morgan fingerprint density at radius 2 is 1.92 bits per heavy atom. The van der Waals surface area contributed by atoms with E-state index in [4.69, 9.17) is 5.73 Å². The molecule has 1 aliphatic rings. The van der Waals surface area contributed by atoms with Gasteiger partial charge in [0.25, 0.3) is 5.91 Å². The number of nitrogens with one attached hydrogen (secondary N) is 1. The minimum atomic E-state index is -0.463. The molecule has 2 amide bonds. The number of nitrogens with zero attached hydrogens (tertiary/aromatic N) is 3. The molecule has 3 rings (SSSR count). The van der Waals surface area contributed by atoms with Crippen molar-refractivity contribution < 1.29 is 14.2 Å². The van der Waals surface area contributed by atoms with Crippen molar-refractivity contribution in [2.75, 3.05) is 13.1 Å². The summed E-state index contributed by atoms with van der Waals surface area (Å²) >= 11 is 0. The molecule has 1 aromatic carbocycles. The third-order valence-electron chi connectivity index (χ3n) is 4.82. The van der Waals surface area contributed by atoms with Crippen molar-refractivity contribution in [1.29, 1.82) is 0 Å². The molecule has 8 nitrogen and oxygen atoms in total. The zero-order valence-corrected chi connectivity index (χ0v) is 14.4. The average Bonchev–Trinajstić information content (AvgIpc) is 3.08. The van der Waals surface area contributed by atoms with Crippen molar-refractivity contribution >= 4 is 22.8 Å². The molecule has 0 spiro atoms. The smallest absolute Gasteiger partial charge is 0.251 e. The highest BCUT2D eigenvalue weighted by Gasteiger charge is 2.28. The largest absolute Gasteiger partial charge is 0.349 e. The van der Waals surface area contributed by atoms with Crippen LogP contribution in [0.5, 0.6) is 0 Å². The maximum absolute atomic E-state index is 12.5. The molecule has 1 saturated heterocycles. The Bertz CT molecular complexity index is 764. The van der Waals surface area contributed by atoms with Gasteiger partial charge in [-0.3, -0.25) is 9.59 Å². The summed E-state index contributed by atoms with van der Waals surface area (Å²) in [7, 11) is 0. The fourth-order valence-electron chi connectivity index (χ4n) is 3.24. The Morgan fingerprint density at radius 1 is 1.24 bits per heavy atom. The number of nitrogens with two attached hydrogens (primary N) is 1. The number of fused-ring (bicyclic) bond motifs is 1. The van der Waals surface area contributed by atoms with E-state index in [1.807, 2.05) is 6.92 Å². The second-order valence-electron chi connectivity index (χ2n) is 6.68. The predicted molar refractivity (Wildman–Crippen MR) is 91.7 cm³/mol. The lowest BCUT2D eigenvalue weighted by atomic mass is 9.90. The van der Waals surface area contributed by atoms with E-state index in [2.05, 4.69) is 20.3 Å². The van der Waals surface area contributed by atoms with Gasteiger partial charge in [-0.05, 0) is 61.1 Å². The van der Waals surface area contributed by atoms with Crippen LogP contribution in [0, 0.1) is 5.92 Å². The van der Waals surface area contributed by atoms with Crippen LogP contribution >= 0.6 is 0 Å². The van der Waals surface area contributed by atoms with Crippen molar-refractivity contribution in [2.24, 2.45) is 11.7 Å². The SMILES string of the molecule is CC(N)C(=O)N1CCC(C(C)NC(=O)c2ccc3nonc3c2)CC1. The van der Waals surface area contributed by atoms with Gasteiger partial charge >= 0.3 is 0 Å². The number of likely N-dealkylation sites (tertiary alicyclic amines) is 1. The molecular formula is C17H23N5O3. The van der Waals surface area contributed by atoms with E-state index in [0.29, 0.717) is 35.6 Å². The number of carbonyl (C=O) groups excluding carboxylic acids is 2. The van der Waals surface area contributed by atoms with Crippen LogP contribution in [0.3, 0.4) is 0 Å². The van der Waals surface area contributed by atoms with Gasteiger partial charge in [-0.25, -0.2) is 4.63 Å². The summed E-state index contributed by atoms with van der Waals surface area (Å²) in [5.41, 5.74) is 7.37. The third kappa shape index (κ3) is 3.79. The zero-order chi connectivity index (χ0) is 18.0. The predicted octanol–water partition coefficient (Wildman–Crippen LogP) is 0.927. The summed E-state index contributed by atoms with van der Waals surface area (Å²) in [6.45, 7) is 5.07. The first-order chi connectivity index (χ1) is 12.0. The lowest BCUT2D eigenvalue weighted by molar-refractivity contribution is -0.133. The van der Waals surface area contributed by atoms with Crippen molar-refractivity contribution in [3.05, 3.63) is 23.8 Å². The van der Waals surface area contributed by atoms with Crippen molar-refractivity contribution in [1.82, 2.24) is 20.5 Å². The summed E-state index contributed by atoms with van der Waals surface area (Å²) in [5.74, 6) is 0.176. The Kier molecular flexibility index (Phi) is 4.98. The van der Waals surface area contributed by atoms with Gasteiger partial charge in [0.15, 0.2) is 0 Å². The van der Waals surface area contributed by atoms with Crippen molar-refractivity contribution in [3.63, 3.8) is 0 Å². The minimum absolute atomic E-state index is 0.00957. The van der Waals surface area contributed by atoms with Crippen LogP contribution in [0.4, 0.5) is 0 Å². The molecule has 0 aliphatic carbocycles. The number of hydrogen-bond acceptors (Lipinski definition) is 6. The zero-order valence-electron chi connectivity index (χ0n) is 14.4. The number of rotatable bonds is 4. The monoisotopic (exact) mass is 345 g/mol. The van der Waals surface area contributed by atoms with Crippen molar-refractivity contribution in [3.8, 4) is 0 Å². The molecule has 1 aromatic heterocycles. The molecule has 2 unspecified atom stereocenters. The highest BCUT2D eigenvalue weighted by molar-refractivity contribution is 5.97. The first kappa shape index (κ1) is 17.3. The van der Waals surface area contributed by atoms with E-state index in [0.717, 1.165) is 12.8 Å². The molecule has 3 N–H and O–H groups in total. The maximum atomic E-state index is 12.5. The molecule has 1 fully saturated rings. The second kappa shape index (κ2) is 7.18. The van der Waals surface area contributed by atoms with Crippen LogP contribution in [0.15, 0.2) is 22.8 Å². The van der Waals surface area contributed by atoms with Gasteiger partial charge in [-0.2, -0.15) is 0 Å². The normalized spacial score (nSPS) is 18.1. The van der Waals surface area contributed by atoms with Gasteiger partial charge in [0.2, 0.25) is 5.91 Å². The Balaban J connectivity index is 1.56. The fraction of sp³-hybridized carbons (Fsp3) is 0.529. The van der Waals surface area contributed by atoms with E-state index in [1.54, 1.807) is 30.0 Å². The van der Waals surface area contributed by atoms with E-state index in [9.17, 15) is 9.59 Å². The van der Waals surface area contributed by atoms with Gasteiger partial charge in [0, 0.05) is 24.7 Å². The number of hydrogen-bond donors (Lipinski definition) is 2. The molecule has 2 atom stereocenters. The first-order valence-corrected chi connectivity index (χ1v) is 8.53. The number of amides is 2. The van der Waals surface area contributed by atoms with E-state index in [1.165, 1.54) is 0 Å². The van der Waals surface area contributed by atoms with Gasteiger partial charge < -0.3 is 16.0 Å². The highest BCUT2D eigenvalue weighted by atomic mass is 16.6. The topological polar surface area (TPSA) is 114 Å².